The fourth-order valence-electron chi connectivity index (χ4n) is 5.75. The minimum Gasteiger partial charge on any atom is -0.480 e. The van der Waals surface area contributed by atoms with Crippen LogP contribution < -0.4 is 21.3 Å². The van der Waals surface area contributed by atoms with Crippen LogP contribution in [0.15, 0.2) is 91.0 Å². The summed E-state index contributed by atoms with van der Waals surface area (Å²) < 4.78 is 0. The highest BCUT2D eigenvalue weighted by atomic mass is 16.4. The molecule has 16 nitrogen and oxygen atoms in total. The predicted molar refractivity (Wildman–Crippen MR) is 272 cm³/mol. The van der Waals surface area contributed by atoms with Gasteiger partial charge in [0, 0.05) is 83.3 Å². The second-order valence-electron chi connectivity index (χ2n) is 16.7. The van der Waals surface area contributed by atoms with Gasteiger partial charge in [0.25, 0.3) is 17.7 Å². The second-order valence-corrected chi connectivity index (χ2v) is 16.7. The summed E-state index contributed by atoms with van der Waals surface area (Å²) in [7, 11) is 8.62. The number of hydrogen-bond donors (Lipinski definition) is 7. The molecule has 0 aliphatic heterocycles. The Hall–Kier alpha value is -6.91. The van der Waals surface area contributed by atoms with E-state index in [9.17, 15) is 33.6 Å². The van der Waals surface area contributed by atoms with Gasteiger partial charge in [-0.25, -0.2) is 0 Å². The number of allylic oxidation sites excluding steroid dienone is 3. The predicted octanol–water partition coefficient (Wildman–Crippen LogP) is 5.96. The van der Waals surface area contributed by atoms with Crippen molar-refractivity contribution in [1.29, 1.82) is 0 Å². The number of carbonyl (C=O) groups is 7. The van der Waals surface area contributed by atoms with E-state index in [0.717, 1.165) is 55.2 Å². The Bertz CT molecular complexity index is 2180. The Morgan fingerprint density at radius 1 is 0.536 bits per heavy atom. The molecule has 0 saturated heterocycles. The van der Waals surface area contributed by atoms with Crippen LogP contribution >= 0.6 is 0 Å². The first kappa shape index (κ1) is 60.1. The maximum atomic E-state index is 12.0. The van der Waals surface area contributed by atoms with Gasteiger partial charge in [-0.1, -0.05) is 72.9 Å². The van der Waals surface area contributed by atoms with Gasteiger partial charge >= 0.3 is 5.97 Å². The van der Waals surface area contributed by atoms with Crippen molar-refractivity contribution in [2.24, 2.45) is 0 Å². The van der Waals surface area contributed by atoms with E-state index in [1.54, 1.807) is 101 Å². The first-order valence-electron chi connectivity index (χ1n) is 23.1. The number of nitrogens with one attached hydrogen (secondary N) is 4. The number of rotatable bonds is 24. The molecule has 0 radical (unpaired) electrons. The van der Waals surface area contributed by atoms with Gasteiger partial charge in [0.2, 0.25) is 17.7 Å². The summed E-state index contributed by atoms with van der Waals surface area (Å²) in [5, 5.41) is 37.2. The van der Waals surface area contributed by atoms with Crippen molar-refractivity contribution in [3.8, 4) is 0 Å². The van der Waals surface area contributed by atoms with Gasteiger partial charge in [0.05, 0.1) is 13.2 Å². The Morgan fingerprint density at radius 3 is 1.17 bits per heavy atom. The monoisotopic (exact) mass is 955 g/mol. The van der Waals surface area contributed by atoms with E-state index in [1.165, 1.54) is 6.92 Å². The number of aliphatic hydroxyl groups is 2. The molecule has 69 heavy (non-hydrogen) atoms. The smallest absolute Gasteiger partial charge is 0.325 e. The van der Waals surface area contributed by atoms with Crippen molar-refractivity contribution in [2.45, 2.75) is 96.7 Å². The average molecular weight is 955 g/mol. The summed E-state index contributed by atoms with van der Waals surface area (Å²) in [5.74, 6) is -1.60. The van der Waals surface area contributed by atoms with Crippen LogP contribution in [0.5, 0.6) is 0 Å². The van der Waals surface area contributed by atoms with Gasteiger partial charge in [-0.05, 0) is 112 Å². The molecule has 3 aromatic carbocycles. The number of aliphatic hydroxyl groups excluding tert-OH is 2. The molecule has 0 aliphatic carbocycles. The van der Waals surface area contributed by atoms with Crippen molar-refractivity contribution in [1.82, 2.24) is 31.1 Å². The molecule has 376 valence electrons. The molecule has 0 aliphatic rings. The van der Waals surface area contributed by atoms with E-state index in [-0.39, 0.29) is 54.8 Å². The molecule has 0 spiro atoms. The van der Waals surface area contributed by atoms with Crippen LogP contribution in [-0.2, 0) is 19.2 Å². The number of carboxylic acid groups (broad SMARTS) is 1. The molecule has 6 amide bonds. The van der Waals surface area contributed by atoms with Crippen LogP contribution in [-0.4, -0.2) is 133 Å². The molecule has 3 unspecified atom stereocenters. The lowest BCUT2D eigenvalue weighted by atomic mass is 10.1. The third-order valence-corrected chi connectivity index (χ3v) is 9.97. The van der Waals surface area contributed by atoms with Gasteiger partial charge < -0.3 is 46.4 Å². The Balaban J connectivity index is 0.000000518. The lowest BCUT2D eigenvalue weighted by Crippen LogP contribution is -2.38. The third-order valence-electron chi connectivity index (χ3n) is 9.97. The summed E-state index contributed by atoms with van der Waals surface area (Å²) in [6.45, 7) is 4.73. The van der Waals surface area contributed by atoms with Crippen molar-refractivity contribution in [3.63, 3.8) is 0 Å². The summed E-state index contributed by atoms with van der Waals surface area (Å²) >= 11 is 0. The number of carbonyl (C=O) groups excluding carboxylic acids is 6. The van der Waals surface area contributed by atoms with E-state index < -0.39 is 17.9 Å². The van der Waals surface area contributed by atoms with E-state index in [0.29, 0.717) is 36.0 Å². The molecule has 3 aromatic rings. The fourth-order valence-corrected chi connectivity index (χ4v) is 5.75. The number of aliphatic carboxylic acids is 1. The standard InChI is InChI=1S/C18H24N2O4.C18H26N2O3.C17H24N2O3/c1-13(18(23)24)19-17(22)15-10-7-9-14(12-15)8-5-4-6-11-16(21)20(2)3;1-14(13-21)19-18(23)16-10-7-9-15(12-16)8-5-4-6-11-17(22)20(2)3;1-13(12-20)19-17(22)15-9-6-8-14(11-15)7-4-3-5-10-16(21)18-2/h5,7-10,12-13H,4,6,11H2,1-3H3,(H,19,22)(H,23,24);5,7-10,12,14,21H,4,6,11,13H2,1-3H3,(H,19,23);4,6-9,11,13,20H,3,5,10,12H2,1-2H3,(H,18,21)(H,19,22)/b2*8-5-;7-4-. The minimum absolute atomic E-state index is 0.0464. The van der Waals surface area contributed by atoms with E-state index in [4.69, 9.17) is 15.3 Å². The second kappa shape index (κ2) is 34.4. The molecule has 3 atom stereocenters. The van der Waals surface area contributed by atoms with Crippen LogP contribution in [0.3, 0.4) is 0 Å². The highest BCUT2D eigenvalue weighted by Gasteiger charge is 2.15. The maximum Gasteiger partial charge on any atom is 0.325 e. The van der Waals surface area contributed by atoms with Gasteiger partial charge in [-0.15, -0.1) is 0 Å². The molecule has 7 N–H and O–H groups in total. The lowest BCUT2D eigenvalue weighted by molar-refractivity contribution is -0.138. The summed E-state index contributed by atoms with van der Waals surface area (Å²) in [6.07, 6.45) is 18.1. The number of carboxylic acids is 1. The van der Waals surface area contributed by atoms with Crippen molar-refractivity contribution in [3.05, 3.63) is 124 Å². The number of unbranched alkanes of at least 4 members (excludes halogenated alkanes) is 3. The molecular weight excluding hydrogens is 881 g/mol. The Morgan fingerprint density at radius 2 is 0.870 bits per heavy atom. The van der Waals surface area contributed by atoms with Crippen molar-refractivity contribution < 1.29 is 48.9 Å². The number of amides is 6. The molecule has 16 heteroatoms. The van der Waals surface area contributed by atoms with Crippen molar-refractivity contribution in [2.75, 3.05) is 48.5 Å². The van der Waals surface area contributed by atoms with Crippen LogP contribution in [0, 0.1) is 0 Å². The quantitative estimate of drug-likeness (QED) is 0.0521. The topological polar surface area (TPSA) is 235 Å². The van der Waals surface area contributed by atoms with E-state index in [2.05, 4.69) is 21.3 Å². The molecule has 0 heterocycles. The first-order valence-corrected chi connectivity index (χ1v) is 23.1. The van der Waals surface area contributed by atoms with E-state index >= 15 is 0 Å². The normalized spacial score (nSPS) is 12.1. The highest BCUT2D eigenvalue weighted by Crippen LogP contribution is 2.12. The third kappa shape index (κ3) is 26.9. The van der Waals surface area contributed by atoms with Gasteiger partial charge in [-0.3, -0.25) is 33.6 Å². The van der Waals surface area contributed by atoms with Crippen molar-refractivity contribution >= 4 is 59.6 Å². The molecule has 0 bridgehead atoms. The zero-order valence-corrected chi connectivity index (χ0v) is 41.5. The zero-order valence-electron chi connectivity index (χ0n) is 41.5. The summed E-state index contributed by atoms with van der Waals surface area (Å²) in [6, 6.07) is 20.0. The number of nitrogens with zero attached hydrogens (tertiary/aromatic N) is 2. The lowest BCUT2D eigenvalue weighted by Gasteiger charge is -2.10. The fraction of sp³-hybridized carbons (Fsp3) is 0.415. The molecule has 0 fully saturated rings. The molecular formula is C53H74N6O10. The number of hydrogen-bond acceptors (Lipinski definition) is 9. The Labute approximate surface area is 407 Å². The van der Waals surface area contributed by atoms with Gasteiger partial charge in [-0.2, -0.15) is 0 Å². The van der Waals surface area contributed by atoms with Gasteiger partial charge in [0.1, 0.15) is 6.04 Å². The molecule has 3 rings (SSSR count). The first-order chi connectivity index (χ1) is 32.8. The minimum atomic E-state index is -1.08. The highest BCUT2D eigenvalue weighted by molar-refractivity contribution is 5.97. The Kier molecular flexibility index (Phi) is 30.0. The van der Waals surface area contributed by atoms with Gasteiger partial charge in [0.15, 0.2) is 0 Å². The van der Waals surface area contributed by atoms with Crippen LogP contribution in [0.25, 0.3) is 18.2 Å². The number of benzene rings is 3. The molecule has 0 saturated carbocycles. The largest absolute Gasteiger partial charge is 0.480 e. The summed E-state index contributed by atoms with van der Waals surface area (Å²) in [4.78, 5) is 83.9. The van der Waals surface area contributed by atoms with Crippen LogP contribution in [0.1, 0.15) is 126 Å². The molecule has 0 aromatic heterocycles. The van der Waals surface area contributed by atoms with E-state index in [1.807, 2.05) is 66.8 Å². The maximum absolute atomic E-state index is 12.0. The average Bonchev–Trinajstić information content (AvgIpc) is 3.33. The SMILES string of the molecule is CC(CO)NC(=O)c1cccc(/C=C\CCCC(=O)N(C)C)c1.CC(NC(=O)c1cccc(/C=C\CCCC(=O)N(C)C)c1)C(=O)O.CNC(=O)CCC/C=C\c1cccc(C(=O)NC(C)CO)c1. The van der Waals surface area contributed by atoms with Crippen LogP contribution in [0.4, 0.5) is 0 Å². The summed E-state index contributed by atoms with van der Waals surface area (Å²) in [5.41, 5.74) is 4.26. The van der Waals surface area contributed by atoms with Crippen LogP contribution in [0.2, 0.25) is 0 Å². The zero-order chi connectivity index (χ0) is 51.7.